The van der Waals surface area contributed by atoms with E-state index in [4.69, 9.17) is 0 Å². The summed E-state index contributed by atoms with van der Waals surface area (Å²) in [6.07, 6.45) is 25.0. The molecule has 4 heteroatoms. The number of unbranched alkanes of at least 4 members (excludes halogenated alkanes) is 4. The van der Waals surface area contributed by atoms with E-state index >= 15 is 0 Å². The van der Waals surface area contributed by atoms with Crippen molar-refractivity contribution in [2.24, 2.45) is 7.05 Å². The van der Waals surface area contributed by atoms with Crippen LogP contribution in [0, 0.1) is 0 Å². The molecule has 0 fully saturated rings. The smallest absolute Gasteiger partial charge is 0.169 e. The molecule has 0 spiro atoms. The zero-order chi connectivity index (χ0) is 24.3. The fraction of sp³-hybridized carbons (Fsp3) is 0.355. The van der Waals surface area contributed by atoms with Crippen molar-refractivity contribution < 1.29 is 18.3 Å². The van der Waals surface area contributed by atoms with Crippen molar-refractivity contribution in [3.05, 3.63) is 98.1 Å². The fourth-order valence-electron chi connectivity index (χ4n) is 4.40. The molecule has 180 valence electrons. The van der Waals surface area contributed by atoms with Gasteiger partial charge in [-0.3, -0.25) is 0 Å². The molecule has 0 bridgehead atoms. The average Bonchev–Trinajstić information content (AvgIpc) is 2.91. The zero-order valence-corrected chi connectivity index (χ0v) is 21.4. The minimum absolute atomic E-state index is 1.05. The molecule has 4 nitrogen and oxygen atoms in total. The number of rotatable bonds is 12. The predicted molar refractivity (Wildman–Crippen MR) is 139 cm³/mol. The van der Waals surface area contributed by atoms with Gasteiger partial charge < -0.3 is 0 Å². The van der Waals surface area contributed by atoms with Crippen LogP contribution >= 0.6 is 0 Å². The molecule has 0 saturated carbocycles. The van der Waals surface area contributed by atoms with E-state index in [0.29, 0.717) is 0 Å². The van der Waals surface area contributed by atoms with E-state index in [1.165, 1.54) is 47.9 Å². The molecule has 0 unspecified atom stereocenters. The molecule has 0 aliphatic carbocycles. The van der Waals surface area contributed by atoms with Crippen LogP contribution < -0.4 is 18.3 Å². The Bertz CT molecular complexity index is 1150. The van der Waals surface area contributed by atoms with Gasteiger partial charge in [0.25, 0.3) is 0 Å². The summed E-state index contributed by atoms with van der Waals surface area (Å²) < 4.78 is 8.94. The van der Waals surface area contributed by atoms with E-state index in [2.05, 4.69) is 123 Å². The molecule has 0 radical (unpaired) electrons. The van der Waals surface area contributed by atoms with Gasteiger partial charge in [0.15, 0.2) is 49.6 Å². The summed E-state index contributed by atoms with van der Waals surface area (Å²) in [6.45, 7) is 5.47. The van der Waals surface area contributed by atoms with Gasteiger partial charge in [0, 0.05) is 67.8 Å². The van der Waals surface area contributed by atoms with Gasteiger partial charge in [-0.25, -0.2) is 18.3 Å². The second kappa shape index (κ2) is 12.9. The lowest BCUT2D eigenvalue weighted by Gasteiger charge is -2.02. The van der Waals surface area contributed by atoms with Crippen molar-refractivity contribution in [1.82, 2.24) is 0 Å². The van der Waals surface area contributed by atoms with Crippen molar-refractivity contribution in [2.75, 3.05) is 0 Å². The Kier molecular flexibility index (Phi) is 9.11. The van der Waals surface area contributed by atoms with E-state index in [9.17, 15) is 0 Å². The van der Waals surface area contributed by atoms with E-state index in [1.807, 2.05) is 7.05 Å². The maximum Gasteiger partial charge on any atom is 0.169 e. The van der Waals surface area contributed by atoms with Crippen LogP contribution in [0.2, 0.25) is 0 Å². The molecular weight excluding hydrogens is 428 g/mol. The summed E-state index contributed by atoms with van der Waals surface area (Å²) >= 11 is 0. The topological polar surface area (TPSA) is 15.5 Å². The molecule has 0 atom stereocenters. The third-order valence-corrected chi connectivity index (χ3v) is 6.67. The van der Waals surface area contributed by atoms with Crippen LogP contribution in [0.1, 0.15) is 45.4 Å². The van der Waals surface area contributed by atoms with Crippen molar-refractivity contribution in [3.8, 4) is 22.3 Å². The fourth-order valence-corrected chi connectivity index (χ4v) is 4.40. The molecule has 0 aliphatic heterocycles. The van der Waals surface area contributed by atoms with Gasteiger partial charge in [0.1, 0.15) is 26.7 Å². The summed E-state index contributed by atoms with van der Waals surface area (Å²) in [5.74, 6) is 0. The van der Waals surface area contributed by atoms with Gasteiger partial charge in [-0.2, -0.15) is 0 Å². The lowest BCUT2D eigenvalue weighted by Crippen LogP contribution is -2.35. The number of aryl methyl sites for hydroxylation is 4. The number of aromatic nitrogens is 4. The Hall–Kier alpha value is -3.40. The maximum atomic E-state index is 2.30. The number of nitrogens with zero attached hydrogens (tertiary/aromatic N) is 4. The van der Waals surface area contributed by atoms with E-state index in [0.717, 1.165) is 32.5 Å². The standard InChI is InChI=1S/C31H40N4/c1-3-4-5-6-17-33-22-13-30(14-23-33)31-15-26-35(27-16-31)19-8-7-18-34-24-11-29(12-25-34)28-9-20-32(2)21-10-28/h9-16,20-27H,3-8,17-19H2,1-2H3/q+4. The molecule has 0 aliphatic rings. The van der Waals surface area contributed by atoms with Crippen LogP contribution in [0.4, 0.5) is 0 Å². The first-order chi connectivity index (χ1) is 17.2. The SMILES string of the molecule is CCCCCC[n+]1ccc(-c2cc[n+](CCCC[n+]3ccc(-c4cc[n+](C)cc4)cc3)cc2)cc1. The van der Waals surface area contributed by atoms with Crippen molar-refractivity contribution in [1.29, 1.82) is 0 Å². The Morgan fingerprint density at radius 2 is 0.743 bits per heavy atom. The van der Waals surface area contributed by atoms with E-state index < -0.39 is 0 Å². The number of pyridine rings is 4. The number of hydrogen-bond acceptors (Lipinski definition) is 0. The van der Waals surface area contributed by atoms with Crippen LogP contribution in [0.3, 0.4) is 0 Å². The monoisotopic (exact) mass is 468 g/mol. The van der Waals surface area contributed by atoms with Crippen LogP contribution in [-0.4, -0.2) is 0 Å². The van der Waals surface area contributed by atoms with Crippen LogP contribution in [0.25, 0.3) is 22.3 Å². The zero-order valence-electron chi connectivity index (χ0n) is 21.4. The molecule has 4 aromatic rings. The second-order valence-electron chi connectivity index (χ2n) is 9.49. The first-order valence-electron chi connectivity index (χ1n) is 13.1. The van der Waals surface area contributed by atoms with Crippen LogP contribution in [0.5, 0.6) is 0 Å². The maximum absolute atomic E-state index is 2.30. The summed E-state index contributed by atoms with van der Waals surface area (Å²) in [5.41, 5.74) is 5.08. The van der Waals surface area contributed by atoms with Gasteiger partial charge >= 0.3 is 0 Å². The Balaban J connectivity index is 1.20. The third kappa shape index (κ3) is 7.54. The Morgan fingerprint density at radius 1 is 0.429 bits per heavy atom. The second-order valence-corrected chi connectivity index (χ2v) is 9.49. The third-order valence-electron chi connectivity index (χ3n) is 6.67. The molecule has 0 saturated heterocycles. The van der Waals surface area contributed by atoms with Crippen molar-refractivity contribution >= 4 is 0 Å². The Morgan fingerprint density at radius 3 is 1.09 bits per heavy atom. The minimum atomic E-state index is 1.05. The molecule has 4 heterocycles. The van der Waals surface area contributed by atoms with E-state index in [1.54, 1.807) is 0 Å². The molecule has 0 aromatic carbocycles. The largest absolute Gasteiger partial charge is 0.208 e. The van der Waals surface area contributed by atoms with Crippen molar-refractivity contribution in [2.45, 2.75) is 65.1 Å². The molecule has 0 N–H and O–H groups in total. The van der Waals surface area contributed by atoms with Gasteiger partial charge in [0.05, 0.1) is 0 Å². The highest BCUT2D eigenvalue weighted by molar-refractivity contribution is 5.61. The molecule has 0 amide bonds. The summed E-state index contributed by atoms with van der Waals surface area (Å²) in [4.78, 5) is 0. The molecule has 4 rings (SSSR count). The average molecular weight is 469 g/mol. The van der Waals surface area contributed by atoms with Crippen molar-refractivity contribution in [3.63, 3.8) is 0 Å². The lowest BCUT2D eigenvalue weighted by molar-refractivity contribution is -0.708. The van der Waals surface area contributed by atoms with Gasteiger partial charge in [-0.1, -0.05) is 19.8 Å². The van der Waals surface area contributed by atoms with E-state index in [-0.39, 0.29) is 0 Å². The van der Waals surface area contributed by atoms with Crippen LogP contribution in [0.15, 0.2) is 98.1 Å². The summed E-state index contributed by atoms with van der Waals surface area (Å²) in [5, 5.41) is 0. The van der Waals surface area contributed by atoms with Gasteiger partial charge in [0.2, 0.25) is 0 Å². The molecular formula is C31H40N4+4. The molecule has 35 heavy (non-hydrogen) atoms. The number of hydrogen-bond donors (Lipinski definition) is 0. The normalized spacial score (nSPS) is 11.0. The van der Waals surface area contributed by atoms with Gasteiger partial charge in [-0.15, -0.1) is 0 Å². The first kappa shape index (κ1) is 24.7. The lowest BCUT2D eigenvalue weighted by atomic mass is 10.1. The summed E-state index contributed by atoms with van der Waals surface area (Å²) in [7, 11) is 2.04. The molecule has 4 aromatic heterocycles. The highest BCUT2D eigenvalue weighted by Crippen LogP contribution is 2.16. The van der Waals surface area contributed by atoms with Crippen LogP contribution in [-0.2, 0) is 26.7 Å². The Labute approximate surface area is 210 Å². The predicted octanol–water partition coefficient (Wildman–Crippen LogP) is 4.77. The minimum Gasteiger partial charge on any atom is -0.208 e. The quantitative estimate of drug-likeness (QED) is 0.210. The summed E-state index contributed by atoms with van der Waals surface area (Å²) in [6, 6.07) is 17.7. The first-order valence-corrected chi connectivity index (χ1v) is 13.1. The highest BCUT2D eigenvalue weighted by Gasteiger charge is 2.08. The van der Waals surface area contributed by atoms with Gasteiger partial charge in [-0.05, 0) is 28.7 Å². The highest BCUT2D eigenvalue weighted by atomic mass is 14.9.